The minimum atomic E-state index is -3.16. The molecule has 2 fully saturated rings. The molecule has 0 bridgehead atoms. The van der Waals surface area contributed by atoms with Gasteiger partial charge in [-0.25, -0.2) is 12.7 Å². The van der Waals surface area contributed by atoms with E-state index in [4.69, 9.17) is 4.74 Å². The van der Waals surface area contributed by atoms with Crippen LogP contribution in [-0.2, 0) is 32.6 Å². The van der Waals surface area contributed by atoms with Crippen LogP contribution in [0.25, 0.3) is 0 Å². The SMILES string of the molecule is CCS(=O)(=O)N1CCC(C(=O)NCc2cccc(CN3CCOC(C)C3)c2)CC1. The Morgan fingerprint density at radius 3 is 2.62 bits per heavy atom. The third-order valence-corrected chi connectivity index (χ3v) is 7.65. The molecule has 1 N–H and O–H groups in total. The second-order valence-electron chi connectivity index (χ2n) is 8.03. The van der Waals surface area contributed by atoms with E-state index in [1.54, 1.807) is 6.92 Å². The van der Waals surface area contributed by atoms with Crippen LogP contribution in [0.5, 0.6) is 0 Å². The van der Waals surface area contributed by atoms with Gasteiger partial charge in [-0.15, -0.1) is 0 Å². The molecule has 0 radical (unpaired) electrons. The summed E-state index contributed by atoms with van der Waals surface area (Å²) >= 11 is 0. The topological polar surface area (TPSA) is 79.0 Å². The molecule has 7 nitrogen and oxygen atoms in total. The minimum Gasteiger partial charge on any atom is -0.376 e. The lowest BCUT2D eigenvalue weighted by Gasteiger charge is -2.31. The Morgan fingerprint density at radius 2 is 1.93 bits per heavy atom. The van der Waals surface area contributed by atoms with E-state index >= 15 is 0 Å². The summed E-state index contributed by atoms with van der Waals surface area (Å²) in [4.78, 5) is 14.9. The normalized spacial score (nSPS) is 22.5. The molecule has 0 spiro atoms. The second kappa shape index (κ2) is 10.0. The minimum absolute atomic E-state index is 0.0194. The van der Waals surface area contributed by atoms with Crippen molar-refractivity contribution < 1.29 is 17.9 Å². The van der Waals surface area contributed by atoms with Crippen LogP contribution in [0.1, 0.15) is 37.8 Å². The maximum atomic E-state index is 12.5. The van der Waals surface area contributed by atoms with Gasteiger partial charge in [-0.2, -0.15) is 0 Å². The largest absolute Gasteiger partial charge is 0.376 e. The van der Waals surface area contributed by atoms with E-state index in [2.05, 4.69) is 29.3 Å². The van der Waals surface area contributed by atoms with Crippen LogP contribution in [0, 0.1) is 5.92 Å². The van der Waals surface area contributed by atoms with E-state index in [1.807, 2.05) is 12.1 Å². The molecule has 2 aliphatic heterocycles. The fourth-order valence-corrected chi connectivity index (χ4v) is 5.17. The van der Waals surface area contributed by atoms with Crippen molar-refractivity contribution in [2.75, 3.05) is 38.5 Å². The summed E-state index contributed by atoms with van der Waals surface area (Å²) in [5.74, 6) is 0.0195. The van der Waals surface area contributed by atoms with Crippen LogP contribution >= 0.6 is 0 Å². The van der Waals surface area contributed by atoms with Gasteiger partial charge in [0.2, 0.25) is 15.9 Å². The first kappa shape index (κ1) is 22.2. The number of sulfonamides is 1. The highest BCUT2D eigenvalue weighted by atomic mass is 32.2. The van der Waals surface area contributed by atoms with Gasteiger partial charge in [-0.3, -0.25) is 9.69 Å². The van der Waals surface area contributed by atoms with Crippen LogP contribution in [0.2, 0.25) is 0 Å². The quantitative estimate of drug-likeness (QED) is 0.721. The molecule has 1 amide bonds. The highest BCUT2D eigenvalue weighted by Gasteiger charge is 2.30. The number of carbonyl (C=O) groups is 1. The van der Waals surface area contributed by atoms with E-state index in [-0.39, 0.29) is 23.7 Å². The second-order valence-corrected chi connectivity index (χ2v) is 10.3. The molecule has 8 heteroatoms. The maximum absolute atomic E-state index is 12.5. The van der Waals surface area contributed by atoms with Gasteiger partial charge in [-0.05, 0) is 37.8 Å². The van der Waals surface area contributed by atoms with Crippen molar-refractivity contribution in [1.29, 1.82) is 0 Å². The Balaban J connectivity index is 1.47. The first-order valence-electron chi connectivity index (χ1n) is 10.5. The molecule has 1 unspecified atom stereocenters. The number of benzene rings is 1. The molecular weight excluding hydrogens is 390 g/mol. The van der Waals surface area contributed by atoms with Crippen LogP contribution < -0.4 is 5.32 Å². The summed E-state index contributed by atoms with van der Waals surface area (Å²) in [5, 5.41) is 3.03. The molecule has 2 saturated heterocycles. The van der Waals surface area contributed by atoms with E-state index in [9.17, 15) is 13.2 Å². The van der Waals surface area contributed by atoms with Gasteiger partial charge in [0.15, 0.2) is 0 Å². The lowest BCUT2D eigenvalue weighted by molar-refractivity contribution is -0.126. The molecule has 162 valence electrons. The highest BCUT2D eigenvalue weighted by Crippen LogP contribution is 2.20. The molecule has 1 aromatic rings. The Kier molecular flexibility index (Phi) is 7.67. The predicted molar refractivity (Wildman–Crippen MR) is 113 cm³/mol. The third kappa shape index (κ3) is 6.25. The molecule has 0 aliphatic carbocycles. The van der Waals surface area contributed by atoms with Crippen LogP contribution in [0.4, 0.5) is 0 Å². The third-order valence-electron chi connectivity index (χ3n) is 5.77. The molecule has 0 aromatic heterocycles. The maximum Gasteiger partial charge on any atom is 0.223 e. The number of nitrogens with one attached hydrogen (secondary N) is 1. The average molecular weight is 424 g/mol. The molecule has 2 heterocycles. The Hall–Kier alpha value is -1.48. The number of piperidine rings is 1. The summed E-state index contributed by atoms with van der Waals surface area (Å²) < 4.78 is 31.0. The number of amides is 1. The number of ether oxygens (including phenoxy) is 1. The van der Waals surface area contributed by atoms with Crippen molar-refractivity contribution in [3.05, 3.63) is 35.4 Å². The summed E-state index contributed by atoms with van der Waals surface area (Å²) in [5.41, 5.74) is 2.33. The van der Waals surface area contributed by atoms with Crippen molar-refractivity contribution in [1.82, 2.24) is 14.5 Å². The Labute approximate surface area is 174 Å². The zero-order valence-corrected chi connectivity index (χ0v) is 18.3. The monoisotopic (exact) mass is 423 g/mol. The van der Waals surface area contributed by atoms with E-state index in [1.165, 1.54) is 9.87 Å². The summed E-state index contributed by atoms with van der Waals surface area (Å²) in [7, 11) is -3.16. The first-order chi connectivity index (χ1) is 13.9. The lowest BCUT2D eigenvalue weighted by atomic mass is 9.97. The fourth-order valence-electron chi connectivity index (χ4n) is 4.04. The molecule has 3 rings (SSSR count). The molecule has 0 saturated carbocycles. The molecule has 1 aromatic carbocycles. The van der Waals surface area contributed by atoms with Crippen LogP contribution in [0.3, 0.4) is 0 Å². The summed E-state index contributed by atoms with van der Waals surface area (Å²) in [6.45, 7) is 8.66. The van der Waals surface area contributed by atoms with E-state index in [0.29, 0.717) is 32.5 Å². The summed E-state index contributed by atoms with van der Waals surface area (Å²) in [6.07, 6.45) is 1.44. The first-order valence-corrected chi connectivity index (χ1v) is 12.2. The number of hydrogen-bond acceptors (Lipinski definition) is 5. The van der Waals surface area contributed by atoms with Gasteiger partial charge in [0, 0.05) is 45.2 Å². The van der Waals surface area contributed by atoms with Crippen molar-refractivity contribution in [2.24, 2.45) is 5.92 Å². The van der Waals surface area contributed by atoms with Gasteiger partial charge in [0.1, 0.15) is 0 Å². The van der Waals surface area contributed by atoms with Crippen molar-refractivity contribution in [3.63, 3.8) is 0 Å². The standard InChI is InChI=1S/C21H33N3O4S/c1-3-29(26,27)24-9-7-20(8-10-24)21(25)22-14-18-5-4-6-19(13-18)16-23-11-12-28-17(2)15-23/h4-6,13,17,20H,3,7-12,14-16H2,1-2H3,(H,22,25). The van der Waals surface area contributed by atoms with Crippen molar-refractivity contribution in [2.45, 2.75) is 45.9 Å². The van der Waals surface area contributed by atoms with Crippen molar-refractivity contribution >= 4 is 15.9 Å². The number of carbonyl (C=O) groups excluding carboxylic acids is 1. The number of morpholine rings is 1. The molecule has 29 heavy (non-hydrogen) atoms. The zero-order chi connectivity index (χ0) is 20.9. The van der Waals surface area contributed by atoms with Crippen LogP contribution in [0.15, 0.2) is 24.3 Å². The molecular formula is C21H33N3O4S. The van der Waals surface area contributed by atoms with Gasteiger partial charge in [-0.1, -0.05) is 24.3 Å². The van der Waals surface area contributed by atoms with Gasteiger partial charge < -0.3 is 10.1 Å². The van der Waals surface area contributed by atoms with Gasteiger partial charge >= 0.3 is 0 Å². The average Bonchev–Trinajstić information content (AvgIpc) is 2.72. The lowest BCUT2D eigenvalue weighted by Crippen LogP contribution is -2.43. The van der Waals surface area contributed by atoms with Crippen LogP contribution in [-0.4, -0.2) is 68.2 Å². The predicted octanol–water partition coefficient (Wildman–Crippen LogP) is 1.59. The van der Waals surface area contributed by atoms with Gasteiger partial charge in [0.25, 0.3) is 0 Å². The smallest absolute Gasteiger partial charge is 0.223 e. The summed E-state index contributed by atoms with van der Waals surface area (Å²) in [6, 6.07) is 8.34. The molecule has 1 atom stereocenters. The van der Waals surface area contributed by atoms with Gasteiger partial charge in [0.05, 0.1) is 18.5 Å². The van der Waals surface area contributed by atoms with E-state index in [0.717, 1.165) is 31.8 Å². The Morgan fingerprint density at radius 1 is 1.21 bits per heavy atom. The van der Waals surface area contributed by atoms with Crippen molar-refractivity contribution in [3.8, 4) is 0 Å². The zero-order valence-electron chi connectivity index (χ0n) is 17.5. The van der Waals surface area contributed by atoms with E-state index < -0.39 is 10.0 Å². The Bertz CT molecular complexity index is 791. The molecule has 2 aliphatic rings. The number of nitrogens with zero attached hydrogens (tertiary/aromatic N) is 2. The highest BCUT2D eigenvalue weighted by molar-refractivity contribution is 7.89. The number of rotatable bonds is 7. The fraction of sp³-hybridized carbons (Fsp3) is 0.667. The number of hydrogen-bond donors (Lipinski definition) is 1.